The summed E-state index contributed by atoms with van der Waals surface area (Å²) in [5, 5.41) is 0.665. The average molecular weight is 426 g/mol. The van der Waals surface area contributed by atoms with Crippen LogP contribution in [-0.2, 0) is 16.0 Å². The Balaban J connectivity index is 1.79. The Bertz CT molecular complexity index is 712. The van der Waals surface area contributed by atoms with Crippen molar-refractivity contribution in [1.29, 1.82) is 0 Å². The highest BCUT2D eigenvalue weighted by molar-refractivity contribution is 14.1. The van der Waals surface area contributed by atoms with Crippen LogP contribution in [-0.4, -0.2) is 11.8 Å². The van der Waals surface area contributed by atoms with Gasteiger partial charge in [-0.15, -0.1) is 0 Å². The fourth-order valence-electron chi connectivity index (χ4n) is 2.62. The first-order chi connectivity index (χ1) is 10.5. The number of carbonyl (C=O) groups excluding carboxylic acids is 2. The minimum atomic E-state index is -0.298. The van der Waals surface area contributed by atoms with Crippen molar-refractivity contribution in [3.05, 3.63) is 62.7 Å². The molecule has 0 saturated carbocycles. The van der Waals surface area contributed by atoms with Gasteiger partial charge in [-0.25, -0.2) is 0 Å². The van der Waals surface area contributed by atoms with E-state index in [4.69, 9.17) is 11.6 Å². The third-order valence-electron chi connectivity index (χ3n) is 3.72. The predicted molar refractivity (Wildman–Crippen MR) is 94.9 cm³/mol. The number of hydrogen-bond donors (Lipinski definition) is 0. The molecule has 1 aliphatic heterocycles. The molecule has 2 aromatic carbocycles. The Kier molecular flexibility index (Phi) is 4.49. The van der Waals surface area contributed by atoms with E-state index in [0.29, 0.717) is 17.1 Å². The highest BCUT2D eigenvalue weighted by atomic mass is 127. The lowest BCUT2D eigenvalue weighted by atomic mass is 9.98. The molecule has 0 aromatic heterocycles. The fraction of sp³-hybridized carbons (Fsp3) is 0.176. The molecule has 1 saturated heterocycles. The van der Waals surface area contributed by atoms with E-state index in [9.17, 15) is 9.59 Å². The van der Waals surface area contributed by atoms with Crippen molar-refractivity contribution in [2.24, 2.45) is 5.92 Å². The van der Waals surface area contributed by atoms with E-state index < -0.39 is 0 Å². The Morgan fingerprint density at radius 3 is 2.32 bits per heavy atom. The molecule has 0 N–H and O–H groups in total. The Morgan fingerprint density at radius 1 is 1.05 bits per heavy atom. The number of benzene rings is 2. The van der Waals surface area contributed by atoms with Gasteiger partial charge in [-0.3, -0.25) is 14.5 Å². The van der Waals surface area contributed by atoms with Crippen molar-refractivity contribution in [1.82, 2.24) is 0 Å². The smallest absolute Gasteiger partial charge is 0.237 e. The van der Waals surface area contributed by atoms with Crippen molar-refractivity contribution in [3.8, 4) is 0 Å². The van der Waals surface area contributed by atoms with Crippen LogP contribution >= 0.6 is 34.2 Å². The van der Waals surface area contributed by atoms with Crippen LogP contribution in [0, 0.1) is 9.49 Å². The summed E-state index contributed by atoms with van der Waals surface area (Å²) in [6.45, 7) is 0. The third kappa shape index (κ3) is 3.17. The second-order valence-corrected chi connectivity index (χ2v) is 6.96. The molecule has 1 atom stereocenters. The largest absolute Gasteiger partial charge is 0.274 e. The van der Waals surface area contributed by atoms with Crippen molar-refractivity contribution in [2.75, 3.05) is 4.90 Å². The van der Waals surface area contributed by atoms with Crippen LogP contribution in [0.4, 0.5) is 5.69 Å². The molecule has 0 aliphatic carbocycles. The normalized spacial score (nSPS) is 18.1. The van der Waals surface area contributed by atoms with Gasteiger partial charge in [-0.05, 0) is 71.0 Å². The molecule has 2 amide bonds. The van der Waals surface area contributed by atoms with E-state index in [1.165, 1.54) is 4.90 Å². The average Bonchev–Trinajstić information content (AvgIpc) is 2.77. The van der Waals surface area contributed by atoms with Crippen LogP contribution < -0.4 is 4.90 Å². The molecule has 1 fully saturated rings. The van der Waals surface area contributed by atoms with Crippen LogP contribution in [0.1, 0.15) is 12.0 Å². The lowest BCUT2D eigenvalue weighted by molar-refractivity contribution is -0.122. The van der Waals surface area contributed by atoms with Crippen LogP contribution in [0.5, 0.6) is 0 Å². The van der Waals surface area contributed by atoms with E-state index in [0.717, 1.165) is 9.13 Å². The summed E-state index contributed by atoms with van der Waals surface area (Å²) < 4.78 is 1.07. The molecule has 2 aromatic rings. The summed E-state index contributed by atoms with van der Waals surface area (Å²) in [4.78, 5) is 26.1. The quantitative estimate of drug-likeness (QED) is 0.549. The van der Waals surface area contributed by atoms with Crippen molar-refractivity contribution < 1.29 is 9.59 Å². The second kappa shape index (κ2) is 6.38. The SMILES string of the molecule is O=C1C[C@H](Cc2ccc(Cl)cc2)C(=O)N1c1ccc(I)cc1. The van der Waals surface area contributed by atoms with Crippen LogP contribution in [0.15, 0.2) is 48.5 Å². The van der Waals surface area contributed by atoms with Gasteiger partial charge in [0.1, 0.15) is 0 Å². The fourth-order valence-corrected chi connectivity index (χ4v) is 3.11. The minimum absolute atomic E-state index is 0.124. The number of rotatable bonds is 3. The number of amides is 2. The zero-order chi connectivity index (χ0) is 15.7. The van der Waals surface area contributed by atoms with Gasteiger partial charge in [0.2, 0.25) is 11.8 Å². The van der Waals surface area contributed by atoms with E-state index in [2.05, 4.69) is 22.6 Å². The van der Waals surface area contributed by atoms with Crippen molar-refractivity contribution in [3.63, 3.8) is 0 Å². The summed E-state index contributed by atoms with van der Waals surface area (Å²) in [6.07, 6.45) is 0.816. The van der Waals surface area contributed by atoms with Gasteiger partial charge in [0.25, 0.3) is 0 Å². The Labute approximate surface area is 147 Å². The highest BCUT2D eigenvalue weighted by Gasteiger charge is 2.39. The number of imide groups is 1. The maximum absolute atomic E-state index is 12.5. The predicted octanol–water partition coefficient (Wildman–Crippen LogP) is 4.07. The molecule has 5 heteroatoms. The van der Waals surface area contributed by atoms with Gasteiger partial charge >= 0.3 is 0 Å². The maximum Gasteiger partial charge on any atom is 0.237 e. The summed E-state index contributed by atoms with van der Waals surface area (Å²) in [6, 6.07) is 14.8. The van der Waals surface area contributed by atoms with Crippen LogP contribution in [0.3, 0.4) is 0 Å². The van der Waals surface area contributed by atoms with Gasteiger partial charge in [0, 0.05) is 15.0 Å². The van der Waals surface area contributed by atoms with E-state index in [1.807, 2.05) is 36.4 Å². The minimum Gasteiger partial charge on any atom is -0.274 e. The lowest BCUT2D eigenvalue weighted by Gasteiger charge is -2.15. The molecule has 0 spiro atoms. The lowest BCUT2D eigenvalue weighted by Crippen LogP contribution is -2.30. The van der Waals surface area contributed by atoms with Gasteiger partial charge in [0.05, 0.1) is 11.6 Å². The molecule has 3 rings (SSSR count). The van der Waals surface area contributed by atoms with E-state index >= 15 is 0 Å². The summed E-state index contributed by atoms with van der Waals surface area (Å²) in [5.74, 6) is -0.556. The molecule has 0 radical (unpaired) electrons. The number of anilines is 1. The molecular formula is C17H13ClINO2. The summed E-state index contributed by atoms with van der Waals surface area (Å²) in [7, 11) is 0. The van der Waals surface area contributed by atoms with Gasteiger partial charge in [-0.2, -0.15) is 0 Å². The third-order valence-corrected chi connectivity index (χ3v) is 4.69. The molecule has 22 heavy (non-hydrogen) atoms. The molecule has 1 heterocycles. The molecule has 3 nitrogen and oxygen atoms in total. The van der Waals surface area contributed by atoms with Crippen LogP contribution in [0.2, 0.25) is 5.02 Å². The molecular weight excluding hydrogens is 413 g/mol. The zero-order valence-electron chi connectivity index (χ0n) is 11.6. The molecule has 1 aliphatic rings. The van der Waals surface area contributed by atoms with Gasteiger partial charge in [-0.1, -0.05) is 23.7 Å². The maximum atomic E-state index is 12.5. The number of carbonyl (C=O) groups is 2. The number of halogens is 2. The summed E-state index contributed by atoms with van der Waals surface area (Å²) in [5.41, 5.74) is 1.66. The van der Waals surface area contributed by atoms with E-state index in [1.54, 1.807) is 12.1 Å². The zero-order valence-corrected chi connectivity index (χ0v) is 14.5. The number of hydrogen-bond acceptors (Lipinski definition) is 2. The molecule has 112 valence electrons. The Hall–Kier alpha value is -1.40. The van der Waals surface area contributed by atoms with Crippen LogP contribution in [0.25, 0.3) is 0 Å². The first-order valence-corrected chi connectivity index (χ1v) is 8.37. The molecule has 0 unspecified atom stereocenters. The van der Waals surface area contributed by atoms with Crippen molar-refractivity contribution in [2.45, 2.75) is 12.8 Å². The second-order valence-electron chi connectivity index (χ2n) is 5.28. The van der Waals surface area contributed by atoms with Gasteiger partial charge < -0.3 is 0 Å². The Morgan fingerprint density at radius 2 is 1.68 bits per heavy atom. The van der Waals surface area contributed by atoms with Gasteiger partial charge in [0.15, 0.2) is 0 Å². The highest BCUT2D eigenvalue weighted by Crippen LogP contribution is 2.29. The first-order valence-electron chi connectivity index (χ1n) is 6.91. The van der Waals surface area contributed by atoms with E-state index in [-0.39, 0.29) is 24.2 Å². The number of nitrogens with zero attached hydrogens (tertiary/aromatic N) is 1. The molecule has 0 bridgehead atoms. The standard InChI is InChI=1S/C17H13ClINO2/c18-13-3-1-11(2-4-13)9-12-10-16(21)20(17(12)22)15-7-5-14(19)6-8-15/h1-8,12H,9-10H2/t12-/m0/s1. The summed E-state index contributed by atoms with van der Waals surface area (Å²) >= 11 is 8.06. The topological polar surface area (TPSA) is 37.4 Å². The van der Waals surface area contributed by atoms with Crippen molar-refractivity contribution >= 4 is 51.7 Å². The monoisotopic (exact) mass is 425 g/mol. The first kappa shape index (κ1) is 15.5.